The van der Waals surface area contributed by atoms with E-state index >= 15 is 0 Å². The molecule has 30 heavy (non-hydrogen) atoms. The molecule has 0 aliphatic carbocycles. The number of halogens is 1. The van der Waals surface area contributed by atoms with E-state index in [1.807, 2.05) is 0 Å². The van der Waals surface area contributed by atoms with Crippen LogP contribution in [0, 0.1) is 0 Å². The molecule has 0 aliphatic rings. The number of carboxylic acids is 1. The minimum Gasteiger partial charge on any atom is -0.495 e. The summed E-state index contributed by atoms with van der Waals surface area (Å²) in [4.78, 5) is 15.5. The van der Waals surface area contributed by atoms with Crippen LogP contribution in [0.1, 0.15) is 16.1 Å². The summed E-state index contributed by atoms with van der Waals surface area (Å²) in [5, 5.41) is 9.44. The van der Waals surface area contributed by atoms with Crippen molar-refractivity contribution in [3.05, 3.63) is 77.1 Å². The summed E-state index contributed by atoms with van der Waals surface area (Å²) in [5.74, 6) is -0.220. The smallest absolute Gasteiger partial charge is 0.337 e. The first-order valence-electron chi connectivity index (χ1n) is 8.56. The molecule has 1 aromatic heterocycles. The number of ether oxygens (including phenoxy) is 2. The number of sulfonamides is 1. The fourth-order valence-electron chi connectivity index (χ4n) is 2.48. The van der Waals surface area contributed by atoms with Crippen LogP contribution in [0.2, 0.25) is 5.02 Å². The van der Waals surface area contributed by atoms with Crippen molar-refractivity contribution in [2.45, 2.75) is 11.5 Å². The van der Waals surface area contributed by atoms with Crippen LogP contribution in [0.5, 0.6) is 11.5 Å². The van der Waals surface area contributed by atoms with Crippen molar-refractivity contribution in [2.24, 2.45) is 0 Å². The molecule has 0 bridgehead atoms. The van der Waals surface area contributed by atoms with Gasteiger partial charge in [0.15, 0.2) is 0 Å². The first kappa shape index (κ1) is 21.4. The molecule has 0 atom stereocenters. The standard InChI is InChI=1S/C20H17ClN2O6S/c1-28-16-4-3-14(22-11-16)12-29-15-5-7-17(8-6-15)30(26,27)23-19-9-2-13(21)10-18(19)20(24)25/h2-11,23H,12H2,1H3,(H,24,25). The number of nitrogens with zero attached hydrogens (tertiary/aromatic N) is 1. The number of hydrogen-bond acceptors (Lipinski definition) is 6. The number of nitrogens with one attached hydrogen (secondary N) is 1. The normalized spacial score (nSPS) is 11.0. The second-order valence-corrected chi connectivity index (χ2v) is 8.17. The summed E-state index contributed by atoms with van der Waals surface area (Å²) in [6.07, 6.45) is 1.57. The minimum atomic E-state index is -4.01. The van der Waals surface area contributed by atoms with E-state index in [1.165, 1.54) is 42.5 Å². The van der Waals surface area contributed by atoms with Gasteiger partial charge in [-0.25, -0.2) is 13.2 Å². The van der Waals surface area contributed by atoms with Crippen LogP contribution in [-0.4, -0.2) is 31.6 Å². The number of hydrogen-bond donors (Lipinski definition) is 2. The van der Waals surface area contributed by atoms with Crippen molar-refractivity contribution in [1.29, 1.82) is 0 Å². The molecule has 3 rings (SSSR count). The summed E-state index contributed by atoms with van der Waals surface area (Å²) >= 11 is 5.79. The van der Waals surface area contributed by atoms with Crippen LogP contribution in [-0.2, 0) is 16.6 Å². The predicted molar refractivity (Wildman–Crippen MR) is 111 cm³/mol. The number of rotatable bonds is 8. The molecule has 2 aromatic carbocycles. The summed E-state index contributed by atoms with van der Waals surface area (Å²) < 4.78 is 38.1. The number of methoxy groups -OCH3 is 1. The first-order chi connectivity index (χ1) is 14.3. The Kier molecular flexibility index (Phi) is 6.43. The second-order valence-electron chi connectivity index (χ2n) is 6.05. The summed E-state index contributed by atoms with van der Waals surface area (Å²) in [5.41, 5.74) is 0.342. The van der Waals surface area contributed by atoms with Crippen LogP contribution >= 0.6 is 11.6 Å². The molecule has 0 spiro atoms. The molecule has 8 nitrogen and oxygen atoms in total. The van der Waals surface area contributed by atoms with Crippen molar-refractivity contribution in [1.82, 2.24) is 4.98 Å². The van der Waals surface area contributed by atoms with Gasteiger partial charge in [-0.2, -0.15) is 0 Å². The van der Waals surface area contributed by atoms with Crippen molar-refractivity contribution in [3.63, 3.8) is 0 Å². The fraction of sp³-hybridized carbons (Fsp3) is 0.100. The topological polar surface area (TPSA) is 115 Å². The highest BCUT2D eigenvalue weighted by atomic mass is 35.5. The van der Waals surface area contributed by atoms with Crippen LogP contribution in [0.25, 0.3) is 0 Å². The third-order valence-corrected chi connectivity index (χ3v) is 5.63. The lowest BCUT2D eigenvalue weighted by Crippen LogP contribution is -2.15. The average molecular weight is 449 g/mol. The lowest BCUT2D eigenvalue weighted by atomic mass is 10.2. The lowest BCUT2D eigenvalue weighted by molar-refractivity contribution is 0.0698. The molecular formula is C20H17ClN2O6S. The third kappa shape index (κ3) is 5.19. The molecular weight excluding hydrogens is 432 g/mol. The Morgan fingerprint density at radius 3 is 2.40 bits per heavy atom. The molecule has 1 heterocycles. The average Bonchev–Trinajstić information content (AvgIpc) is 2.74. The molecule has 3 aromatic rings. The van der Waals surface area contributed by atoms with Gasteiger partial charge in [-0.1, -0.05) is 11.6 Å². The van der Waals surface area contributed by atoms with E-state index in [0.717, 1.165) is 0 Å². The third-order valence-electron chi connectivity index (χ3n) is 4.01. The van der Waals surface area contributed by atoms with E-state index in [-0.39, 0.29) is 27.8 Å². The number of pyridine rings is 1. The van der Waals surface area contributed by atoms with Crippen molar-refractivity contribution in [2.75, 3.05) is 11.8 Å². The number of benzene rings is 2. The summed E-state index contributed by atoms with van der Waals surface area (Å²) in [7, 11) is -2.46. The van der Waals surface area contributed by atoms with Crippen molar-refractivity contribution < 1.29 is 27.8 Å². The van der Waals surface area contributed by atoms with E-state index in [0.29, 0.717) is 17.2 Å². The van der Waals surface area contributed by atoms with E-state index in [2.05, 4.69) is 9.71 Å². The largest absolute Gasteiger partial charge is 0.495 e. The maximum atomic E-state index is 12.6. The van der Waals surface area contributed by atoms with Gasteiger partial charge in [-0.3, -0.25) is 9.71 Å². The molecule has 0 fully saturated rings. The highest BCUT2D eigenvalue weighted by Crippen LogP contribution is 2.25. The van der Waals surface area contributed by atoms with Gasteiger partial charge in [-0.15, -0.1) is 0 Å². The van der Waals surface area contributed by atoms with E-state index in [4.69, 9.17) is 21.1 Å². The van der Waals surface area contributed by atoms with Gasteiger partial charge in [0.05, 0.1) is 35.1 Å². The molecule has 0 radical (unpaired) electrons. The summed E-state index contributed by atoms with van der Waals surface area (Å²) in [6, 6.07) is 13.1. The zero-order chi connectivity index (χ0) is 21.7. The molecule has 156 valence electrons. The lowest BCUT2D eigenvalue weighted by Gasteiger charge is -2.12. The molecule has 2 N–H and O–H groups in total. The number of aromatic nitrogens is 1. The molecule has 0 saturated carbocycles. The zero-order valence-electron chi connectivity index (χ0n) is 15.7. The van der Waals surface area contributed by atoms with Crippen molar-refractivity contribution >= 4 is 33.3 Å². The molecule has 0 amide bonds. The van der Waals surface area contributed by atoms with E-state index in [9.17, 15) is 18.3 Å². The molecule has 0 unspecified atom stereocenters. The molecule has 10 heteroatoms. The zero-order valence-corrected chi connectivity index (χ0v) is 17.3. The van der Waals surface area contributed by atoms with Gasteiger partial charge >= 0.3 is 5.97 Å². The van der Waals surface area contributed by atoms with Gasteiger partial charge < -0.3 is 14.6 Å². The van der Waals surface area contributed by atoms with Crippen LogP contribution in [0.4, 0.5) is 5.69 Å². The Hall–Kier alpha value is -3.30. The van der Waals surface area contributed by atoms with Crippen LogP contribution in [0.3, 0.4) is 0 Å². The highest BCUT2D eigenvalue weighted by Gasteiger charge is 2.19. The first-order valence-corrected chi connectivity index (χ1v) is 10.4. The maximum Gasteiger partial charge on any atom is 0.337 e. The SMILES string of the molecule is COc1ccc(COc2ccc(S(=O)(=O)Nc3ccc(Cl)cc3C(=O)O)cc2)nc1. The molecule has 0 saturated heterocycles. The number of carbonyl (C=O) groups is 1. The Morgan fingerprint density at radius 1 is 1.10 bits per heavy atom. The van der Waals surface area contributed by atoms with E-state index in [1.54, 1.807) is 25.4 Å². The monoisotopic (exact) mass is 448 g/mol. The maximum absolute atomic E-state index is 12.6. The minimum absolute atomic E-state index is 0.0521. The van der Waals surface area contributed by atoms with E-state index < -0.39 is 16.0 Å². The van der Waals surface area contributed by atoms with Crippen LogP contribution < -0.4 is 14.2 Å². The Morgan fingerprint density at radius 2 is 1.80 bits per heavy atom. The Bertz CT molecular complexity index is 1150. The predicted octanol–water partition coefficient (Wildman–Crippen LogP) is 3.82. The quantitative estimate of drug-likeness (QED) is 0.538. The molecule has 0 aliphatic heterocycles. The van der Waals surface area contributed by atoms with Crippen molar-refractivity contribution in [3.8, 4) is 11.5 Å². The number of anilines is 1. The Balaban J connectivity index is 1.71. The van der Waals surface area contributed by atoms with Gasteiger partial charge in [-0.05, 0) is 54.6 Å². The van der Waals surface area contributed by atoms with Gasteiger partial charge in [0, 0.05) is 5.02 Å². The van der Waals surface area contributed by atoms with Gasteiger partial charge in [0.25, 0.3) is 10.0 Å². The fourth-order valence-corrected chi connectivity index (χ4v) is 3.73. The highest BCUT2D eigenvalue weighted by molar-refractivity contribution is 7.92. The second kappa shape index (κ2) is 9.02. The summed E-state index contributed by atoms with van der Waals surface area (Å²) in [6.45, 7) is 0.196. The number of carboxylic acid groups (broad SMARTS) is 1. The Labute approximate surface area is 178 Å². The van der Waals surface area contributed by atoms with Crippen LogP contribution in [0.15, 0.2) is 65.7 Å². The van der Waals surface area contributed by atoms with Gasteiger partial charge in [0.2, 0.25) is 0 Å². The number of aromatic carboxylic acids is 1. The van der Waals surface area contributed by atoms with Gasteiger partial charge in [0.1, 0.15) is 18.1 Å².